The van der Waals surface area contributed by atoms with E-state index in [9.17, 15) is 18.0 Å². The lowest BCUT2D eigenvalue weighted by atomic mass is 10.3. The van der Waals surface area contributed by atoms with Crippen molar-refractivity contribution in [2.75, 3.05) is 19.3 Å². The number of carboxylic acids is 1. The Labute approximate surface area is 94.5 Å². The maximum absolute atomic E-state index is 11.7. The molecule has 92 valence electrons. The van der Waals surface area contributed by atoms with Gasteiger partial charge in [0.05, 0.1) is 0 Å². The molecule has 0 fully saturated rings. The molecule has 1 atom stereocenters. The first-order chi connectivity index (χ1) is 7.20. The fourth-order valence-corrected chi connectivity index (χ4v) is 1.51. The Balaban J connectivity index is 4.87. The van der Waals surface area contributed by atoms with Crippen LogP contribution in [-0.4, -0.2) is 54.9 Å². The predicted molar refractivity (Wildman–Crippen MR) is 58.7 cm³/mol. The first kappa shape index (κ1) is 14.6. The summed E-state index contributed by atoms with van der Waals surface area (Å²) in [6.07, 6.45) is 2.28. The van der Waals surface area contributed by atoms with Gasteiger partial charge in [0.15, 0.2) is 9.84 Å². The number of sulfone groups is 1. The highest BCUT2D eigenvalue weighted by atomic mass is 32.2. The summed E-state index contributed by atoms with van der Waals surface area (Å²) in [6.45, 7) is 4.08. The Morgan fingerprint density at radius 1 is 1.50 bits per heavy atom. The van der Waals surface area contributed by atoms with Crippen LogP contribution in [0.25, 0.3) is 0 Å². The van der Waals surface area contributed by atoms with E-state index in [4.69, 9.17) is 5.11 Å². The minimum Gasteiger partial charge on any atom is -0.480 e. The molecule has 0 spiro atoms. The fraction of sp³-hybridized carbons (Fsp3) is 0.556. The summed E-state index contributed by atoms with van der Waals surface area (Å²) in [7, 11) is -3.52. The van der Waals surface area contributed by atoms with Crippen LogP contribution in [0, 0.1) is 0 Å². The Hall–Kier alpha value is -1.37. The zero-order valence-corrected chi connectivity index (χ0v) is 10.0. The van der Waals surface area contributed by atoms with Gasteiger partial charge in [-0.15, -0.1) is 6.58 Å². The lowest BCUT2D eigenvalue weighted by Gasteiger charge is -2.21. The second-order valence-corrected chi connectivity index (χ2v) is 5.74. The number of amides is 1. The quantitative estimate of drug-likeness (QED) is 0.642. The van der Waals surface area contributed by atoms with E-state index in [1.54, 1.807) is 0 Å². The van der Waals surface area contributed by atoms with Gasteiger partial charge in [0.25, 0.3) is 0 Å². The zero-order valence-electron chi connectivity index (χ0n) is 9.21. The Bertz CT molecular complexity index is 387. The van der Waals surface area contributed by atoms with Gasteiger partial charge in [0.2, 0.25) is 5.91 Å². The fourth-order valence-electron chi connectivity index (χ4n) is 0.992. The minimum atomic E-state index is -3.52. The molecule has 1 amide bonds. The number of hydrogen-bond acceptors (Lipinski definition) is 4. The number of hydrogen-bond donors (Lipinski definition) is 1. The molecule has 0 aromatic carbocycles. The van der Waals surface area contributed by atoms with Crippen LogP contribution in [0.4, 0.5) is 0 Å². The van der Waals surface area contributed by atoms with Crippen molar-refractivity contribution in [2.24, 2.45) is 0 Å². The monoisotopic (exact) mass is 249 g/mol. The topological polar surface area (TPSA) is 91.8 Å². The second-order valence-electron chi connectivity index (χ2n) is 3.37. The largest absolute Gasteiger partial charge is 0.480 e. The highest BCUT2D eigenvalue weighted by Gasteiger charge is 2.28. The van der Waals surface area contributed by atoms with E-state index in [1.807, 2.05) is 0 Å². The summed E-state index contributed by atoms with van der Waals surface area (Å²) in [6, 6.07) is 0. The van der Waals surface area contributed by atoms with Gasteiger partial charge in [-0.05, 0) is 6.92 Å². The summed E-state index contributed by atoms with van der Waals surface area (Å²) < 4.78 is 22.3. The number of nitrogens with zero attached hydrogens (tertiary/aromatic N) is 1. The molecule has 0 rings (SSSR count). The molecule has 0 saturated heterocycles. The molecule has 1 unspecified atom stereocenters. The standard InChI is InChI=1S/C9H15NO5S/c1-4-5-10(6-8(11)12)9(13)7(2)16(3,14)15/h4,7H,1,5-6H2,2-3H3,(H,11,12). The third-order valence-electron chi connectivity index (χ3n) is 1.98. The highest BCUT2D eigenvalue weighted by molar-refractivity contribution is 7.92. The van der Waals surface area contributed by atoms with Gasteiger partial charge < -0.3 is 10.0 Å². The summed E-state index contributed by atoms with van der Waals surface area (Å²) in [5.74, 6) is -1.93. The molecule has 0 aliphatic heterocycles. The average Bonchev–Trinajstić information content (AvgIpc) is 2.12. The molecule has 0 aromatic rings. The van der Waals surface area contributed by atoms with Gasteiger partial charge in [0.1, 0.15) is 11.8 Å². The number of carbonyl (C=O) groups is 2. The molecular weight excluding hydrogens is 234 g/mol. The van der Waals surface area contributed by atoms with E-state index in [0.717, 1.165) is 11.2 Å². The normalized spacial score (nSPS) is 12.9. The first-order valence-corrected chi connectivity index (χ1v) is 6.46. The highest BCUT2D eigenvalue weighted by Crippen LogP contribution is 2.04. The van der Waals surface area contributed by atoms with Crippen LogP contribution >= 0.6 is 0 Å². The third kappa shape index (κ3) is 4.43. The van der Waals surface area contributed by atoms with Crippen LogP contribution in [0.15, 0.2) is 12.7 Å². The Morgan fingerprint density at radius 3 is 2.31 bits per heavy atom. The van der Waals surface area contributed by atoms with E-state index in [1.165, 1.54) is 13.0 Å². The van der Waals surface area contributed by atoms with E-state index in [2.05, 4.69) is 6.58 Å². The van der Waals surface area contributed by atoms with E-state index in [-0.39, 0.29) is 6.54 Å². The van der Waals surface area contributed by atoms with Crippen molar-refractivity contribution in [3.05, 3.63) is 12.7 Å². The maximum atomic E-state index is 11.7. The van der Waals surface area contributed by atoms with Gasteiger partial charge in [-0.25, -0.2) is 8.42 Å². The maximum Gasteiger partial charge on any atom is 0.323 e. The minimum absolute atomic E-state index is 0.00495. The van der Waals surface area contributed by atoms with E-state index >= 15 is 0 Å². The molecule has 0 saturated carbocycles. The molecule has 6 nitrogen and oxygen atoms in total. The summed E-state index contributed by atoms with van der Waals surface area (Å²) in [4.78, 5) is 23.1. The van der Waals surface area contributed by atoms with Gasteiger partial charge in [-0.3, -0.25) is 9.59 Å². The molecule has 7 heteroatoms. The third-order valence-corrected chi connectivity index (χ3v) is 3.46. The van der Waals surface area contributed by atoms with Gasteiger partial charge in [-0.1, -0.05) is 6.08 Å². The molecule has 0 heterocycles. The van der Waals surface area contributed by atoms with Crippen molar-refractivity contribution < 1.29 is 23.1 Å². The zero-order chi connectivity index (χ0) is 12.9. The van der Waals surface area contributed by atoms with Crippen molar-refractivity contribution in [2.45, 2.75) is 12.2 Å². The van der Waals surface area contributed by atoms with Crippen molar-refractivity contribution >= 4 is 21.7 Å². The number of aliphatic carboxylic acids is 1. The van der Waals surface area contributed by atoms with Crippen LogP contribution in [0.1, 0.15) is 6.92 Å². The molecule has 0 aliphatic rings. The van der Waals surface area contributed by atoms with Crippen molar-refractivity contribution in [1.82, 2.24) is 4.90 Å². The van der Waals surface area contributed by atoms with Crippen molar-refractivity contribution in [3.8, 4) is 0 Å². The summed E-state index contributed by atoms with van der Waals surface area (Å²) >= 11 is 0. The smallest absolute Gasteiger partial charge is 0.323 e. The molecule has 1 N–H and O–H groups in total. The lowest BCUT2D eigenvalue weighted by molar-refractivity contribution is -0.143. The first-order valence-electron chi connectivity index (χ1n) is 4.50. The van der Waals surface area contributed by atoms with Crippen LogP contribution in [-0.2, 0) is 19.4 Å². The van der Waals surface area contributed by atoms with Gasteiger partial charge in [-0.2, -0.15) is 0 Å². The number of rotatable bonds is 6. The lowest BCUT2D eigenvalue weighted by Crippen LogP contribution is -2.43. The molecular formula is C9H15NO5S. The number of carbonyl (C=O) groups excluding carboxylic acids is 1. The van der Waals surface area contributed by atoms with E-state index < -0.39 is 33.5 Å². The second kappa shape index (κ2) is 5.64. The predicted octanol–water partition coefficient (Wildman–Crippen LogP) is -0.481. The number of carboxylic acid groups (broad SMARTS) is 1. The van der Waals surface area contributed by atoms with Crippen LogP contribution in [0.3, 0.4) is 0 Å². The van der Waals surface area contributed by atoms with Crippen molar-refractivity contribution in [1.29, 1.82) is 0 Å². The van der Waals surface area contributed by atoms with E-state index in [0.29, 0.717) is 0 Å². The van der Waals surface area contributed by atoms with Gasteiger partial charge >= 0.3 is 5.97 Å². The van der Waals surface area contributed by atoms with Crippen LogP contribution < -0.4 is 0 Å². The van der Waals surface area contributed by atoms with Crippen LogP contribution in [0.5, 0.6) is 0 Å². The molecule has 0 bridgehead atoms. The van der Waals surface area contributed by atoms with Crippen LogP contribution in [0.2, 0.25) is 0 Å². The average molecular weight is 249 g/mol. The Morgan fingerprint density at radius 2 is 2.00 bits per heavy atom. The summed E-state index contributed by atoms with van der Waals surface area (Å²) in [5.41, 5.74) is 0. The molecule has 0 radical (unpaired) electrons. The molecule has 16 heavy (non-hydrogen) atoms. The van der Waals surface area contributed by atoms with Crippen molar-refractivity contribution in [3.63, 3.8) is 0 Å². The van der Waals surface area contributed by atoms with Gasteiger partial charge in [0, 0.05) is 12.8 Å². The SMILES string of the molecule is C=CCN(CC(=O)O)C(=O)C(C)S(C)(=O)=O. The molecule has 0 aliphatic carbocycles. The summed E-state index contributed by atoms with van der Waals surface area (Å²) in [5, 5.41) is 7.32. The Kier molecular flexibility index (Phi) is 5.16. The molecule has 0 aromatic heterocycles.